The van der Waals surface area contributed by atoms with Gasteiger partial charge in [-0.05, 0) is 62.5 Å². The average molecular weight is 463 g/mol. The van der Waals surface area contributed by atoms with Crippen molar-refractivity contribution < 1.29 is 19.4 Å². The zero-order valence-corrected chi connectivity index (χ0v) is 19.3. The van der Waals surface area contributed by atoms with E-state index in [1.54, 1.807) is 43.5 Å². The van der Waals surface area contributed by atoms with E-state index in [2.05, 4.69) is 0 Å². The summed E-state index contributed by atoms with van der Waals surface area (Å²) in [6, 6.07) is 9.12. The first-order valence-corrected chi connectivity index (χ1v) is 10.4. The second-order valence-electron chi connectivity index (χ2n) is 7.65. The predicted molar refractivity (Wildman–Crippen MR) is 122 cm³/mol. The maximum atomic E-state index is 13.0. The van der Waals surface area contributed by atoms with Crippen LogP contribution in [0.15, 0.2) is 42.0 Å². The number of ether oxygens (including phenoxy) is 1. The Bertz CT molecular complexity index is 1070. The van der Waals surface area contributed by atoms with Gasteiger partial charge < -0.3 is 19.6 Å². The van der Waals surface area contributed by atoms with E-state index in [9.17, 15) is 14.7 Å². The van der Waals surface area contributed by atoms with E-state index in [-0.39, 0.29) is 11.3 Å². The molecule has 0 aliphatic carbocycles. The number of likely N-dealkylation sites (N-methyl/N-ethyl adjacent to an activating group) is 1. The number of ketones is 1. The highest BCUT2D eigenvalue weighted by Gasteiger charge is 2.46. The number of carbonyl (C=O) groups excluding carboxylic acids is 2. The highest BCUT2D eigenvalue weighted by molar-refractivity contribution is 6.47. The molecule has 1 aliphatic rings. The zero-order valence-electron chi connectivity index (χ0n) is 17.8. The first-order valence-electron chi connectivity index (χ1n) is 9.68. The van der Waals surface area contributed by atoms with Crippen molar-refractivity contribution in [2.24, 2.45) is 0 Å². The molecule has 1 heterocycles. The number of aliphatic hydroxyl groups is 1. The van der Waals surface area contributed by atoms with Crippen LogP contribution in [0, 0.1) is 6.92 Å². The van der Waals surface area contributed by atoms with Gasteiger partial charge in [0.15, 0.2) is 0 Å². The van der Waals surface area contributed by atoms with Crippen LogP contribution < -0.4 is 4.74 Å². The number of aryl methyl sites for hydroxylation is 1. The fourth-order valence-corrected chi connectivity index (χ4v) is 4.16. The standard InChI is InChI=1S/C23H24Cl2N2O4/c1-13-11-14(5-8-18(13)31-4)21(28)19-20(16-7-6-15(24)12-17(16)25)27(10-9-26(2)3)23(30)22(19)29/h5-8,11-12,20,28H,9-10H2,1-4H3/b21-19+/t20-/m1/s1. The van der Waals surface area contributed by atoms with Crippen molar-refractivity contribution in [2.75, 3.05) is 34.3 Å². The average Bonchev–Trinajstić information content (AvgIpc) is 2.96. The molecule has 6 nitrogen and oxygen atoms in total. The minimum absolute atomic E-state index is 0.00227. The van der Waals surface area contributed by atoms with Crippen LogP contribution in [0.4, 0.5) is 0 Å². The number of likely N-dealkylation sites (tertiary alicyclic amines) is 1. The van der Waals surface area contributed by atoms with Crippen LogP contribution in [-0.4, -0.2) is 60.9 Å². The molecule has 0 bridgehead atoms. The van der Waals surface area contributed by atoms with E-state index in [1.165, 1.54) is 4.90 Å². The molecule has 0 radical (unpaired) electrons. The summed E-state index contributed by atoms with van der Waals surface area (Å²) in [6.07, 6.45) is 0. The van der Waals surface area contributed by atoms with Crippen LogP contribution in [0.5, 0.6) is 5.75 Å². The minimum atomic E-state index is -0.827. The molecule has 164 valence electrons. The summed E-state index contributed by atoms with van der Waals surface area (Å²) in [6.45, 7) is 2.66. The van der Waals surface area contributed by atoms with Gasteiger partial charge in [0.05, 0.1) is 18.7 Å². The van der Waals surface area contributed by atoms with Crippen LogP contribution in [0.25, 0.3) is 5.76 Å². The Labute approximate surface area is 191 Å². The zero-order chi connectivity index (χ0) is 22.9. The summed E-state index contributed by atoms with van der Waals surface area (Å²) in [5.74, 6) is -1.03. The molecule has 2 aromatic carbocycles. The number of aliphatic hydroxyl groups excluding tert-OH is 1. The van der Waals surface area contributed by atoms with Gasteiger partial charge in [0, 0.05) is 28.7 Å². The lowest BCUT2D eigenvalue weighted by Crippen LogP contribution is -2.35. The van der Waals surface area contributed by atoms with Crippen molar-refractivity contribution in [3.05, 3.63) is 68.7 Å². The highest BCUT2D eigenvalue weighted by atomic mass is 35.5. The maximum Gasteiger partial charge on any atom is 0.295 e. The van der Waals surface area contributed by atoms with Gasteiger partial charge in [0.1, 0.15) is 11.5 Å². The van der Waals surface area contributed by atoms with Crippen LogP contribution in [0.2, 0.25) is 10.0 Å². The lowest BCUT2D eigenvalue weighted by molar-refractivity contribution is -0.140. The molecule has 1 N–H and O–H groups in total. The number of hydrogen-bond acceptors (Lipinski definition) is 5. The Morgan fingerprint density at radius 1 is 1.16 bits per heavy atom. The highest BCUT2D eigenvalue weighted by Crippen LogP contribution is 2.42. The number of halogens is 2. The van der Waals surface area contributed by atoms with Gasteiger partial charge in [-0.25, -0.2) is 0 Å². The first-order chi connectivity index (χ1) is 14.6. The van der Waals surface area contributed by atoms with Crippen LogP contribution >= 0.6 is 23.2 Å². The number of carbonyl (C=O) groups is 2. The van der Waals surface area contributed by atoms with E-state index >= 15 is 0 Å². The van der Waals surface area contributed by atoms with Crippen LogP contribution in [-0.2, 0) is 9.59 Å². The third kappa shape index (κ3) is 4.56. The van der Waals surface area contributed by atoms with Crippen molar-refractivity contribution in [3.8, 4) is 5.75 Å². The molecule has 1 aliphatic heterocycles. The largest absolute Gasteiger partial charge is 0.507 e. The molecular weight excluding hydrogens is 439 g/mol. The normalized spacial score (nSPS) is 18.2. The summed E-state index contributed by atoms with van der Waals surface area (Å²) in [5.41, 5.74) is 1.72. The maximum absolute atomic E-state index is 13.0. The predicted octanol–water partition coefficient (Wildman–Crippen LogP) is 4.29. The van der Waals surface area contributed by atoms with Crippen molar-refractivity contribution in [2.45, 2.75) is 13.0 Å². The Balaban J connectivity index is 2.19. The van der Waals surface area contributed by atoms with E-state index in [4.69, 9.17) is 27.9 Å². The third-order valence-electron chi connectivity index (χ3n) is 5.25. The van der Waals surface area contributed by atoms with Crippen LogP contribution in [0.3, 0.4) is 0 Å². The Morgan fingerprint density at radius 3 is 2.45 bits per heavy atom. The monoisotopic (exact) mass is 462 g/mol. The molecule has 1 amide bonds. The second kappa shape index (κ2) is 9.30. The molecule has 0 saturated carbocycles. The first kappa shape index (κ1) is 23.1. The molecular formula is C23H24Cl2N2O4. The molecule has 1 atom stereocenters. The Kier molecular flexibility index (Phi) is 6.94. The number of rotatable bonds is 6. The number of nitrogens with zero attached hydrogens (tertiary/aromatic N) is 2. The lowest BCUT2D eigenvalue weighted by Gasteiger charge is -2.27. The van der Waals surface area contributed by atoms with Gasteiger partial charge in [-0.15, -0.1) is 0 Å². The van der Waals surface area contributed by atoms with Gasteiger partial charge in [-0.2, -0.15) is 0 Å². The molecule has 0 aromatic heterocycles. The van der Waals surface area contributed by atoms with Crippen LogP contribution in [0.1, 0.15) is 22.7 Å². The summed E-state index contributed by atoms with van der Waals surface area (Å²) >= 11 is 12.5. The SMILES string of the molecule is COc1ccc(/C(O)=C2\C(=O)C(=O)N(CCN(C)C)[C@@H]2c2ccc(Cl)cc2Cl)cc1C. The van der Waals surface area contributed by atoms with Gasteiger partial charge in [-0.1, -0.05) is 29.3 Å². The van der Waals surface area contributed by atoms with Gasteiger partial charge in [0.25, 0.3) is 11.7 Å². The Hall–Kier alpha value is -2.54. The molecule has 31 heavy (non-hydrogen) atoms. The molecule has 1 saturated heterocycles. The molecule has 8 heteroatoms. The topological polar surface area (TPSA) is 70.1 Å². The summed E-state index contributed by atoms with van der Waals surface area (Å²) in [4.78, 5) is 29.3. The minimum Gasteiger partial charge on any atom is -0.507 e. The van der Waals surface area contributed by atoms with Crippen molar-refractivity contribution in [3.63, 3.8) is 0 Å². The molecule has 2 aromatic rings. The quantitative estimate of drug-likeness (QED) is 0.393. The fraction of sp³-hybridized carbons (Fsp3) is 0.304. The van der Waals surface area contributed by atoms with Crippen molar-refractivity contribution in [1.82, 2.24) is 9.80 Å². The fourth-order valence-electron chi connectivity index (χ4n) is 3.65. The van der Waals surface area contributed by atoms with Gasteiger partial charge in [0.2, 0.25) is 0 Å². The van der Waals surface area contributed by atoms with Gasteiger partial charge in [-0.3, -0.25) is 9.59 Å². The smallest absolute Gasteiger partial charge is 0.295 e. The summed E-state index contributed by atoms with van der Waals surface area (Å²) < 4.78 is 5.27. The molecule has 3 rings (SSSR count). The van der Waals surface area contributed by atoms with Crippen molar-refractivity contribution >= 4 is 40.7 Å². The second-order valence-corrected chi connectivity index (χ2v) is 8.49. The number of benzene rings is 2. The Morgan fingerprint density at radius 2 is 1.87 bits per heavy atom. The lowest BCUT2D eigenvalue weighted by atomic mass is 9.94. The molecule has 0 spiro atoms. The number of amides is 1. The van der Waals surface area contributed by atoms with E-state index in [0.717, 1.165) is 5.56 Å². The number of Topliss-reactive ketones (excluding diaryl/α,β-unsaturated/α-hetero) is 1. The summed E-state index contributed by atoms with van der Waals surface area (Å²) in [5, 5.41) is 11.9. The van der Waals surface area contributed by atoms with Gasteiger partial charge >= 0.3 is 0 Å². The number of hydrogen-bond donors (Lipinski definition) is 1. The van der Waals surface area contributed by atoms with E-state index < -0.39 is 17.7 Å². The van der Waals surface area contributed by atoms with E-state index in [1.807, 2.05) is 25.9 Å². The number of methoxy groups -OCH3 is 1. The van der Waals surface area contributed by atoms with Crippen molar-refractivity contribution in [1.29, 1.82) is 0 Å². The molecule has 1 fully saturated rings. The summed E-state index contributed by atoms with van der Waals surface area (Å²) in [7, 11) is 5.31. The van der Waals surface area contributed by atoms with E-state index in [0.29, 0.717) is 40.0 Å². The third-order valence-corrected chi connectivity index (χ3v) is 5.82. The molecule has 0 unspecified atom stereocenters.